The number of urea groups is 1. The fourth-order valence-corrected chi connectivity index (χ4v) is 4.47. The van der Waals surface area contributed by atoms with Crippen LogP contribution in [0.2, 0.25) is 0 Å². The van der Waals surface area contributed by atoms with Gasteiger partial charge in [-0.1, -0.05) is 0 Å². The van der Waals surface area contributed by atoms with Crippen molar-refractivity contribution < 1.29 is 37.0 Å². The first-order chi connectivity index (χ1) is 18.8. The molecule has 0 bridgehead atoms. The van der Waals surface area contributed by atoms with Crippen LogP contribution >= 0.6 is 12.6 Å². The van der Waals surface area contributed by atoms with Gasteiger partial charge >= 0.3 is 12.2 Å². The molecule has 0 saturated carbocycles. The van der Waals surface area contributed by atoms with Gasteiger partial charge in [-0.05, 0) is 61.9 Å². The van der Waals surface area contributed by atoms with Gasteiger partial charge < -0.3 is 19.7 Å². The van der Waals surface area contributed by atoms with Gasteiger partial charge in [-0.15, -0.1) is 12.6 Å². The SMILES string of the molecule is COc1cc(OC)cc(C(=O)Nc2cc(CN3C(=O)N(c4ccc(C(F)(F)F)cc4S)C(=O)C3(C)C)ccn2)c1. The number of anilines is 2. The molecule has 13 heteroatoms. The molecule has 1 aromatic heterocycles. The second-order valence-electron chi connectivity index (χ2n) is 9.37. The van der Waals surface area contributed by atoms with Gasteiger partial charge in [0, 0.05) is 29.3 Å². The predicted octanol–water partition coefficient (Wildman–Crippen LogP) is 5.41. The number of rotatable bonds is 7. The second-order valence-corrected chi connectivity index (χ2v) is 9.86. The Labute approximate surface area is 233 Å². The van der Waals surface area contributed by atoms with Crippen LogP contribution in [0.5, 0.6) is 11.5 Å². The average Bonchev–Trinajstić information content (AvgIpc) is 3.07. The molecule has 3 aromatic rings. The van der Waals surface area contributed by atoms with Gasteiger partial charge in [0.1, 0.15) is 22.9 Å². The van der Waals surface area contributed by atoms with Crippen molar-refractivity contribution in [1.29, 1.82) is 0 Å². The summed E-state index contributed by atoms with van der Waals surface area (Å²) in [6.07, 6.45) is -3.17. The Balaban J connectivity index is 1.56. The van der Waals surface area contributed by atoms with Crippen LogP contribution in [0.4, 0.5) is 29.5 Å². The van der Waals surface area contributed by atoms with Crippen LogP contribution in [0, 0.1) is 0 Å². The van der Waals surface area contributed by atoms with Crippen molar-refractivity contribution in [3.8, 4) is 11.5 Å². The summed E-state index contributed by atoms with van der Waals surface area (Å²) in [7, 11) is 2.92. The Morgan fingerprint density at radius 1 is 1.02 bits per heavy atom. The van der Waals surface area contributed by atoms with Crippen LogP contribution in [0.3, 0.4) is 0 Å². The molecule has 0 aliphatic carbocycles. The lowest BCUT2D eigenvalue weighted by atomic mass is 10.0. The van der Waals surface area contributed by atoms with Gasteiger partial charge in [-0.2, -0.15) is 13.2 Å². The van der Waals surface area contributed by atoms with E-state index in [0.717, 1.165) is 23.1 Å². The maximum absolute atomic E-state index is 13.4. The van der Waals surface area contributed by atoms with E-state index in [0.29, 0.717) is 17.1 Å². The number of halogens is 3. The van der Waals surface area contributed by atoms with Crippen molar-refractivity contribution in [3.63, 3.8) is 0 Å². The number of carbonyl (C=O) groups excluding carboxylic acids is 3. The van der Waals surface area contributed by atoms with Crippen LogP contribution in [0.1, 0.15) is 35.3 Å². The van der Waals surface area contributed by atoms with E-state index in [4.69, 9.17) is 9.47 Å². The fraction of sp³-hybridized carbons (Fsp3) is 0.259. The van der Waals surface area contributed by atoms with E-state index in [9.17, 15) is 27.6 Å². The number of methoxy groups -OCH3 is 2. The number of imide groups is 1. The molecule has 9 nitrogen and oxygen atoms in total. The van der Waals surface area contributed by atoms with Crippen LogP contribution < -0.4 is 19.7 Å². The molecular formula is C27H25F3N4O5S. The number of nitrogens with one attached hydrogen (secondary N) is 1. The summed E-state index contributed by atoms with van der Waals surface area (Å²) < 4.78 is 49.7. The first kappa shape index (κ1) is 28.7. The Bertz CT molecular complexity index is 1470. The average molecular weight is 575 g/mol. The Morgan fingerprint density at radius 2 is 1.68 bits per heavy atom. The lowest BCUT2D eigenvalue weighted by Gasteiger charge is -2.27. The molecule has 4 rings (SSSR count). The summed E-state index contributed by atoms with van der Waals surface area (Å²) in [5.41, 5.74) is -1.53. The van der Waals surface area contributed by atoms with Crippen LogP contribution in [-0.2, 0) is 17.5 Å². The molecule has 40 heavy (non-hydrogen) atoms. The highest BCUT2D eigenvalue weighted by Crippen LogP contribution is 2.39. The highest BCUT2D eigenvalue weighted by atomic mass is 32.1. The van der Waals surface area contributed by atoms with Crippen molar-refractivity contribution in [3.05, 3.63) is 71.4 Å². The van der Waals surface area contributed by atoms with Gasteiger partial charge in [0.15, 0.2) is 0 Å². The fourth-order valence-electron chi connectivity index (χ4n) is 4.15. The molecule has 1 aliphatic heterocycles. The lowest BCUT2D eigenvalue weighted by Crippen LogP contribution is -2.43. The monoisotopic (exact) mass is 574 g/mol. The largest absolute Gasteiger partial charge is 0.497 e. The summed E-state index contributed by atoms with van der Waals surface area (Å²) in [5.74, 6) is -0.0657. The highest BCUT2D eigenvalue weighted by Gasteiger charge is 2.52. The normalized spacial score (nSPS) is 14.9. The van der Waals surface area contributed by atoms with E-state index in [1.54, 1.807) is 18.2 Å². The number of thiol groups is 1. The smallest absolute Gasteiger partial charge is 0.416 e. The molecule has 2 heterocycles. The molecule has 1 N–H and O–H groups in total. The first-order valence-corrected chi connectivity index (χ1v) is 12.3. The van der Waals surface area contributed by atoms with Gasteiger partial charge in [0.05, 0.1) is 25.5 Å². The summed E-state index contributed by atoms with van der Waals surface area (Å²) in [4.78, 5) is 45.6. The Hall–Kier alpha value is -4.26. The molecule has 0 atom stereocenters. The highest BCUT2D eigenvalue weighted by molar-refractivity contribution is 7.80. The molecule has 1 aliphatic rings. The number of pyridine rings is 1. The van der Waals surface area contributed by atoms with Gasteiger partial charge in [-0.3, -0.25) is 9.59 Å². The number of hydrogen-bond donors (Lipinski definition) is 2. The third kappa shape index (κ3) is 5.55. The summed E-state index contributed by atoms with van der Waals surface area (Å²) in [6.45, 7) is 3.03. The number of hydrogen-bond acceptors (Lipinski definition) is 7. The number of amides is 4. The predicted molar refractivity (Wildman–Crippen MR) is 143 cm³/mol. The minimum atomic E-state index is -4.60. The molecule has 0 radical (unpaired) electrons. The quantitative estimate of drug-likeness (QED) is 0.289. The molecule has 210 valence electrons. The molecule has 1 saturated heterocycles. The number of alkyl halides is 3. The van der Waals surface area contributed by atoms with E-state index in [1.807, 2.05) is 0 Å². The summed E-state index contributed by atoms with van der Waals surface area (Å²) >= 11 is 4.11. The number of benzene rings is 2. The summed E-state index contributed by atoms with van der Waals surface area (Å²) in [6, 6.07) is 9.73. The van der Waals surface area contributed by atoms with Crippen molar-refractivity contribution in [2.45, 2.75) is 37.0 Å². The van der Waals surface area contributed by atoms with Crippen molar-refractivity contribution in [2.75, 3.05) is 24.4 Å². The molecule has 1 fully saturated rings. The minimum Gasteiger partial charge on any atom is -0.497 e. The third-order valence-corrected chi connectivity index (χ3v) is 6.75. The zero-order valence-electron chi connectivity index (χ0n) is 21.9. The number of aromatic nitrogens is 1. The van der Waals surface area contributed by atoms with Crippen LogP contribution in [-0.4, -0.2) is 47.5 Å². The maximum atomic E-state index is 13.4. The van der Waals surface area contributed by atoms with E-state index < -0.39 is 35.1 Å². The molecule has 0 spiro atoms. The zero-order chi connectivity index (χ0) is 29.4. The minimum absolute atomic E-state index is 0.0466. The Morgan fingerprint density at radius 3 is 2.25 bits per heavy atom. The third-order valence-electron chi connectivity index (χ3n) is 6.39. The van der Waals surface area contributed by atoms with E-state index in [1.165, 1.54) is 51.3 Å². The van der Waals surface area contributed by atoms with Crippen LogP contribution in [0.25, 0.3) is 0 Å². The zero-order valence-corrected chi connectivity index (χ0v) is 22.8. The molecule has 2 aromatic carbocycles. The molecule has 0 unspecified atom stereocenters. The van der Waals surface area contributed by atoms with Gasteiger partial charge in [0.25, 0.3) is 11.8 Å². The van der Waals surface area contributed by atoms with E-state index >= 15 is 0 Å². The maximum Gasteiger partial charge on any atom is 0.416 e. The van der Waals surface area contributed by atoms with Crippen molar-refractivity contribution in [2.24, 2.45) is 0 Å². The van der Waals surface area contributed by atoms with Gasteiger partial charge in [0.2, 0.25) is 0 Å². The Kier molecular flexibility index (Phi) is 7.70. The molecule has 4 amide bonds. The first-order valence-electron chi connectivity index (χ1n) is 11.8. The number of carbonyl (C=O) groups is 3. The topological polar surface area (TPSA) is 101 Å². The van der Waals surface area contributed by atoms with Crippen molar-refractivity contribution in [1.82, 2.24) is 9.88 Å². The second kappa shape index (κ2) is 10.7. The van der Waals surface area contributed by atoms with Gasteiger partial charge in [-0.25, -0.2) is 14.7 Å². The van der Waals surface area contributed by atoms with Crippen LogP contribution in [0.15, 0.2) is 59.6 Å². The lowest BCUT2D eigenvalue weighted by molar-refractivity contribution is -0.137. The summed E-state index contributed by atoms with van der Waals surface area (Å²) in [5, 5.41) is 2.68. The number of nitrogens with zero attached hydrogens (tertiary/aromatic N) is 3. The molecular weight excluding hydrogens is 549 g/mol. The number of ether oxygens (including phenoxy) is 2. The van der Waals surface area contributed by atoms with Crippen molar-refractivity contribution >= 4 is 42.0 Å². The van der Waals surface area contributed by atoms with E-state index in [-0.39, 0.29) is 28.5 Å². The van der Waals surface area contributed by atoms with E-state index in [2.05, 4.69) is 22.9 Å². The standard InChI is InChI=1S/C27H25F3N4O5S/c1-26(2)24(36)34(20-6-5-17(12-21(20)40)27(28,29)30)25(37)33(26)14-15-7-8-31-22(9-15)32-23(35)16-10-18(38-3)13-19(11-16)39-4/h5-13,40H,14H2,1-4H3,(H,31,32,35).